The second-order valence-corrected chi connectivity index (χ2v) is 7.52. The normalized spacial score (nSPS) is 35.0. The third kappa shape index (κ3) is 3.36. The van der Waals surface area contributed by atoms with E-state index in [4.69, 9.17) is 10.5 Å². The van der Waals surface area contributed by atoms with Crippen molar-refractivity contribution in [3.8, 4) is 0 Å². The summed E-state index contributed by atoms with van der Waals surface area (Å²) in [7, 11) is 0. The van der Waals surface area contributed by atoms with E-state index in [1.165, 1.54) is 0 Å². The molecular formula is C16H19F6N3O3. The SMILES string of the molecule is C=C(C)C(N)=NC1C2OC(=O)C3(CNOC(C(F)(F)F)C(F)(F)F)C[C@@H]1CC23. The predicted octanol–water partition coefficient (Wildman–Crippen LogP) is 2.25. The van der Waals surface area contributed by atoms with Crippen LogP contribution in [-0.4, -0.2) is 49.0 Å². The Morgan fingerprint density at radius 3 is 2.54 bits per heavy atom. The van der Waals surface area contributed by atoms with Crippen molar-refractivity contribution in [2.45, 2.75) is 50.4 Å². The van der Waals surface area contributed by atoms with Gasteiger partial charge in [-0.15, -0.1) is 0 Å². The Hall–Kier alpha value is -1.82. The van der Waals surface area contributed by atoms with Gasteiger partial charge in [0.25, 0.3) is 6.10 Å². The number of hydrogen-bond donors (Lipinski definition) is 2. The number of nitrogens with two attached hydrogens (primary N) is 1. The highest BCUT2D eigenvalue weighted by Crippen LogP contribution is 2.62. The highest BCUT2D eigenvalue weighted by Gasteiger charge is 2.70. The molecule has 1 heterocycles. The fraction of sp³-hybridized carbons (Fsp3) is 0.750. The van der Waals surface area contributed by atoms with Crippen molar-refractivity contribution in [3.05, 3.63) is 12.2 Å². The zero-order valence-electron chi connectivity index (χ0n) is 14.7. The zero-order chi connectivity index (χ0) is 21.1. The molecule has 4 unspecified atom stereocenters. The van der Waals surface area contributed by atoms with Crippen molar-refractivity contribution in [1.29, 1.82) is 0 Å². The van der Waals surface area contributed by atoms with Crippen LogP contribution in [0, 0.1) is 17.3 Å². The molecule has 3 aliphatic rings. The lowest BCUT2D eigenvalue weighted by atomic mass is 9.73. The highest BCUT2D eigenvalue weighted by atomic mass is 19.4. The van der Waals surface area contributed by atoms with Gasteiger partial charge in [-0.1, -0.05) is 6.58 Å². The molecule has 0 aromatic carbocycles. The molecule has 2 bridgehead atoms. The molecule has 3 fully saturated rings. The van der Waals surface area contributed by atoms with Gasteiger partial charge in [0.05, 0.1) is 11.5 Å². The quantitative estimate of drug-likeness (QED) is 0.229. The smallest absolute Gasteiger partial charge is 0.425 e. The van der Waals surface area contributed by atoms with E-state index in [0.717, 1.165) is 0 Å². The Labute approximate surface area is 156 Å². The summed E-state index contributed by atoms with van der Waals surface area (Å²) in [5, 5.41) is 0. The van der Waals surface area contributed by atoms with Crippen LogP contribution in [-0.2, 0) is 14.4 Å². The minimum atomic E-state index is -5.64. The molecule has 6 nitrogen and oxygen atoms in total. The first-order valence-corrected chi connectivity index (χ1v) is 8.49. The monoisotopic (exact) mass is 415 g/mol. The van der Waals surface area contributed by atoms with Gasteiger partial charge in [-0.3, -0.25) is 14.6 Å². The summed E-state index contributed by atoms with van der Waals surface area (Å²) in [6.45, 7) is 4.82. The first kappa shape index (κ1) is 20.9. The van der Waals surface area contributed by atoms with Crippen molar-refractivity contribution in [2.75, 3.05) is 6.54 Å². The van der Waals surface area contributed by atoms with Crippen molar-refractivity contribution in [2.24, 2.45) is 28.0 Å². The number of carbonyl (C=O) groups is 1. The molecule has 0 radical (unpaired) electrons. The first-order valence-electron chi connectivity index (χ1n) is 8.49. The van der Waals surface area contributed by atoms with E-state index in [1.807, 2.05) is 0 Å². The number of hydrogen-bond acceptors (Lipinski definition) is 5. The number of carbonyl (C=O) groups excluding carboxylic acids is 1. The number of amidine groups is 1. The van der Waals surface area contributed by atoms with Gasteiger partial charge in [0.2, 0.25) is 0 Å². The lowest BCUT2D eigenvalue weighted by Crippen LogP contribution is -2.50. The number of aliphatic imine (C=N–C) groups is 1. The minimum absolute atomic E-state index is 0.123. The molecule has 3 N–H and O–H groups in total. The molecule has 3 rings (SSSR count). The Kier molecular flexibility index (Phi) is 4.94. The summed E-state index contributed by atoms with van der Waals surface area (Å²) in [4.78, 5) is 20.6. The molecule has 28 heavy (non-hydrogen) atoms. The van der Waals surface area contributed by atoms with Crippen molar-refractivity contribution in [3.63, 3.8) is 0 Å². The van der Waals surface area contributed by atoms with E-state index in [-0.39, 0.29) is 24.1 Å². The van der Waals surface area contributed by atoms with Crippen LogP contribution in [0.5, 0.6) is 0 Å². The number of fused-ring (bicyclic) bond motifs is 1. The second-order valence-electron chi connectivity index (χ2n) is 7.52. The minimum Gasteiger partial charge on any atom is -0.459 e. The maximum atomic E-state index is 12.6. The van der Waals surface area contributed by atoms with Gasteiger partial charge in [0.15, 0.2) is 0 Å². The lowest BCUT2D eigenvalue weighted by molar-refractivity contribution is -0.336. The van der Waals surface area contributed by atoms with Crippen LogP contribution in [0.3, 0.4) is 0 Å². The molecular weight excluding hydrogens is 396 g/mol. The summed E-state index contributed by atoms with van der Waals surface area (Å²) >= 11 is 0. The van der Waals surface area contributed by atoms with Gasteiger partial charge < -0.3 is 10.5 Å². The van der Waals surface area contributed by atoms with E-state index in [0.29, 0.717) is 12.0 Å². The Morgan fingerprint density at radius 2 is 2.00 bits per heavy atom. The van der Waals surface area contributed by atoms with Gasteiger partial charge in [-0.25, -0.2) is 5.48 Å². The van der Waals surface area contributed by atoms with E-state index in [9.17, 15) is 31.1 Å². The predicted molar refractivity (Wildman–Crippen MR) is 83.7 cm³/mol. The summed E-state index contributed by atoms with van der Waals surface area (Å²) in [6, 6.07) is -0.403. The number of rotatable bonds is 6. The molecule has 0 amide bonds. The topological polar surface area (TPSA) is 85.9 Å². The van der Waals surface area contributed by atoms with Crippen LogP contribution >= 0.6 is 0 Å². The average Bonchev–Trinajstić information content (AvgIpc) is 3.11. The maximum absolute atomic E-state index is 12.6. The summed E-state index contributed by atoms with van der Waals surface area (Å²) in [5.41, 5.74) is 6.82. The summed E-state index contributed by atoms with van der Waals surface area (Å²) < 4.78 is 80.7. The Morgan fingerprint density at radius 1 is 1.39 bits per heavy atom. The van der Waals surface area contributed by atoms with Crippen LogP contribution in [0.15, 0.2) is 17.1 Å². The molecule has 12 heteroatoms. The lowest BCUT2D eigenvalue weighted by Gasteiger charge is -2.31. The molecule has 1 saturated heterocycles. The van der Waals surface area contributed by atoms with Crippen molar-refractivity contribution in [1.82, 2.24) is 5.48 Å². The molecule has 0 spiro atoms. The first-order chi connectivity index (χ1) is 12.8. The Bertz CT molecular complexity index is 693. The summed E-state index contributed by atoms with van der Waals surface area (Å²) in [5.74, 6) is -0.973. The van der Waals surface area contributed by atoms with Gasteiger partial charge >= 0.3 is 18.3 Å². The number of alkyl halides is 6. The van der Waals surface area contributed by atoms with Crippen LogP contribution < -0.4 is 11.2 Å². The van der Waals surface area contributed by atoms with Crippen LogP contribution in [0.4, 0.5) is 26.3 Å². The zero-order valence-corrected chi connectivity index (χ0v) is 14.7. The molecule has 0 aromatic heterocycles. The molecule has 0 aromatic rings. The summed E-state index contributed by atoms with van der Waals surface area (Å²) in [6.07, 6.45) is -15.2. The number of nitrogens with zero attached hydrogens (tertiary/aromatic N) is 1. The fourth-order valence-corrected chi connectivity index (χ4v) is 4.39. The fourth-order valence-electron chi connectivity index (χ4n) is 4.39. The second kappa shape index (κ2) is 6.61. The van der Waals surface area contributed by atoms with Crippen molar-refractivity contribution < 1.29 is 40.7 Å². The number of halogens is 6. The largest absolute Gasteiger partial charge is 0.459 e. The van der Waals surface area contributed by atoms with Crippen LogP contribution in [0.2, 0.25) is 0 Å². The molecule has 2 saturated carbocycles. The molecule has 1 aliphatic heterocycles. The van der Waals surface area contributed by atoms with Crippen LogP contribution in [0.1, 0.15) is 19.8 Å². The maximum Gasteiger partial charge on any atom is 0.425 e. The number of hydroxylamine groups is 1. The van der Waals surface area contributed by atoms with Crippen LogP contribution in [0.25, 0.3) is 0 Å². The molecule has 5 atom stereocenters. The molecule has 2 aliphatic carbocycles. The highest BCUT2D eigenvalue weighted by molar-refractivity contribution is 5.96. The van der Waals surface area contributed by atoms with E-state index in [1.54, 1.807) is 12.4 Å². The third-order valence-corrected chi connectivity index (χ3v) is 5.67. The standard InChI is InChI=1S/C16H19F6N3O3/c1-6(2)11(23)25-9-7-3-8-10(9)27-13(26)14(8,4-7)5-24-28-12(15(17,18)19)16(20,21)22/h7-10,12,24H,1,3-5H2,2H3,(H2,23,25)/t7-,8?,9?,10?,14?/m0/s1. The van der Waals surface area contributed by atoms with E-state index in [2.05, 4.69) is 16.4 Å². The van der Waals surface area contributed by atoms with E-state index >= 15 is 0 Å². The average molecular weight is 415 g/mol. The number of esters is 1. The van der Waals surface area contributed by atoms with Gasteiger partial charge in [0, 0.05) is 12.5 Å². The Balaban J connectivity index is 1.70. The number of ether oxygens (including phenoxy) is 1. The van der Waals surface area contributed by atoms with Gasteiger partial charge in [0.1, 0.15) is 11.9 Å². The van der Waals surface area contributed by atoms with E-state index < -0.39 is 48.5 Å². The van der Waals surface area contributed by atoms with Gasteiger partial charge in [-0.05, 0) is 31.3 Å². The third-order valence-electron chi connectivity index (χ3n) is 5.67. The number of nitrogens with one attached hydrogen (secondary N) is 1. The molecule has 158 valence electrons. The van der Waals surface area contributed by atoms with Gasteiger partial charge in [-0.2, -0.15) is 26.3 Å². The van der Waals surface area contributed by atoms with Crippen molar-refractivity contribution >= 4 is 11.8 Å².